The molecule has 0 saturated heterocycles. The summed E-state index contributed by atoms with van der Waals surface area (Å²) in [5.41, 5.74) is 0. The first-order valence-corrected chi connectivity index (χ1v) is 4.10. The van der Waals surface area contributed by atoms with E-state index in [-0.39, 0.29) is 5.12 Å². The molecule has 0 aromatic rings. The number of thiol groups is 1. The van der Waals surface area contributed by atoms with Crippen LogP contribution >= 0.6 is 12.6 Å². The number of hydrogen-bond acceptors (Lipinski definition) is 1. The molecule has 0 unspecified atom stereocenters. The zero-order chi connectivity index (χ0) is 4.99. The molecule has 0 aromatic carbocycles. The normalized spacial score (nSPS) is 8.33. The van der Waals surface area contributed by atoms with Gasteiger partial charge in [0, 0.05) is 0 Å². The van der Waals surface area contributed by atoms with Crippen molar-refractivity contribution in [3.63, 3.8) is 0 Å². The molecule has 0 atom stereocenters. The van der Waals surface area contributed by atoms with Gasteiger partial charge in [-0.05, 0) is 0 Å². The molecule has 6 heavy (non-hydrogen) atoms. The fourth-order valence-corrected chi connectivity index (χ4v) is 1.47. The van der Waals surface area contributed by atoms with Crippen molar-refractivity contribution in [2.24, 2.45) is 0 Å². The van der Waals surface area contributed by atoms with Crippen molar-refractivity contribution in [3.05, 3.63) is 0 Å². The van der Waals surface area contributed by atoms with Crippen molar-refractivity contribution >= 4 is 40.3 Å². The van der Waals surface area contributed by atoms with E-state index in [0.717, 1.165) is 4.44 Å². The molecule has 0 spiro atoms. The van der Waals surface area contributed by atoms with Gasteiger partial charge in [-0.1, -0.05) is 0 Å². The van der Waals surface area contributed by atoms with Crippen LogP contribution in [0.3, 0.4) is 0 Å². The van der Waals surface area contributed by atoms with Gasteiger partial charge in [0.25, 0.3) is 0 Å². The number of carbonyl (C=O) groups is 1. The van der Waals surface area contributed by atoms with Crippen molar-refractivity contribution in [3.8, 4) is 0 Å². The van der Waals surface area contributed by atoms with E-state index in [9.17, 15) is 4.79 Å². The summed E-state index contributed by atoms with van der Waals surface area (Å²) >= 11 is 4.96. The Balaban J connectivity index is 2.83. The summed E-state index contributed by atoms with van der Waals surface area (Å²) in [5.74, 6) is 0. The average molecular weight is 208 g/mol. The van der Waals surface area contributed by atoms with Crippen LogP contribution in [0.5, 0.6) is 0 Å². The zero-order valence-corrected chi connectivity index (χ0v) is 7.02. The average Bonchev–Trinajstić information content (AvgIpc) is 1.35. The molecule has 3 radical (unpaired) electrons. The second-order valence-electron chi connectivity index (χ2n) is 0.894. The van der Waals surface area contributed by atoms with Gasteiger partial charge in [0.15, 0.2) is 0 Å². The van der Waals surface area contributed by atoms with Crippen LogP contribution in [-0.4, -0.2) is 27.6 Å². The second kappa shape index (κ2) is 3.99. The van der Waals surface area contributed by atoms with E-state index in [1.54, 1.807) is 0 Å². The summed E-state index contributed by atoms with van der Waals surface area (Å²) in [6.07, 6.45) is 0.640. The molecule has 3 heteroatoms. The van der Waals surface area contributed by atoms with E-state index in [1.807, 2.05) is 0 Å². The fraction of sp³-hybridized carbons (Fsp3) is 0.667. The third kappa shape index (κ3) is 4.82. The van der Waals surface area contributed by atoms with Gasteiger partial charge < -0.3 is 0 Å². The second-order valence-corrected chi connectivity index (χ2v) is 2.82. The standard InChI is InChI=1S/C3H5OS.Sn/c1-2-3(4)5;/h1-2H2,(H,4,5);. The number of hydrogen-bond donors (Lipinski definition) is 1. The molecule has 0 rings (SSSR count). The maximum absolute atomic E-state index is 9.92. The minimum atomic E-state index is 0.00630. The van der Waals surface area contributed by atoms with Crippen LogP contribution in [-0.2, 0) is 4.79 Å². The summed E-state index contributed by atoms with van der Waals surface area (Å²) in [6, 6.07) is 0. The summed E-state index contributed by atoms with van der Waals surface area (Å²) in [7, 11) is 0. The molecule has 0 aliphatic rings. The molecule has 0 bridgehead atoms. The molecule has 0 N–H and O–H groups in total. The molecule has 0 aliphatic heterocycles. The third-order valence-corrected chi connectivity index (χ3v) is 1.28. The molecular formula is C3H5OSSn. The Morgan fingerprint density at radius 2 is 2.33 bits per heavy atom. The predicted molar refractivity (Wildman–Crippen MR) is 29.2 cm³/mol. The molecule has 0 fully saturated rings. The van der Waals surface area contributed by atoms with Gasteiger partial charge in [-0.2, -0.15) is 0 Å². The molecule has 1 nitrogen and oxygen atoms in total. The van der Waals surface area contributed by atoms with Crippen LogP contribution in [0.15, 0.2) is 0 Å². The Morgan fingerprint density at radius 1 is 1.83 bits per heavy atom. The van der Waals surface area contributed by atoms with Crippen molar-refractivity contribution in [2.45, 2.75) is 10.9 Å². The molecular weight excluding hydrogens is 203 g/mol. The summed E-state index contributed by atoms with van der Waals surface area (Å²) in [4.78, 5) is 9.92. The molecule has 0 aliphatic carbocycles. The molecule has 33 valence electrons. The van der Waals surface area contributed by atoms with Gasteiger partial charge in [0.1, 0.15) is 0 Å². The van der Waals surface area contributed by atoms with Crippen LogP contribution in [0.1, 0.15) is 6.42 Å². The molecule has 0 heterocycles. The van der Waals surface area contributed by atoms with E-state index < -0.39 is 0 Å². The first-order valence-electron chi connectivity index (χ1n) is 1.63. The Hall–Kier alpha value is 0.819. The van der Waals surface area contributed by atoms with Gasteiger partial charge in [-0.3, -0.25) is 0 Å². The first kappa shape index (κ1) is 6.82. The Bertz CT molecular complexity index is 54.8. The molecule has 0 aromatic heterocycles. The number of rotatable bonds is 2. The quantitative estimate of drug-likeness (QED) is 0.513. The van der Waals surface area contributed by atoms with Crippen LogP contribution < -0.4 is 0 Å². The SMILES string of the molecule is O=C(S)C[CH2][Sn]. The topological polar surface area (TPSA) is 17.1 Å². The third-order valence-electron chi connectivity index (χ3n) is 0.339. The summed E-state index contributed by atoms with van der Waals surface area (Å²) in [5, 5.41) is 0.00630. The Kier molecular flexibility index (Phi) is 4.54. The van der Waals surface area contributed by atoms with Crippen molar-refractivity contribution < 1.29 is 4.79 Å². The summed E-state index contributed by atoms with van der Waals surface area (Å²) in [6.45, 7) is 0. The van der Waals surface area contributed by atoms with Crippen molar-refractivity contribution in [2.75, 3.05) is 0 Å². The molecule has 0 amide bonds. The minimum absolute atomic E-state index is 0.00630. The fourth-order valence-electron chi connectivity index (χ4n) is 0.107. The van der Waals surface area contributed by atoms with Crippen molar-refractivity contribution in [1.82, 2.24) is 0 Å². The zero-order valence-electron chi connectivity index (χ0n) is 3.27. The van der Waals surface area contributed by atoms with Crippen LogP contribution in [0.4, 0.5) is 0 Å². The first-order chi connectivity index (χ1) is 2.77. The van der Waals surface area contributed by atoms with E-state index in [2.05, 4.69) is 12.6 Å². The Labute approximate surface area is 56.0 Å². The van der Waals surface area contributed by atoms with Gasteiger partial charge in [0.05, 0.1) is 0 Å². The van der Waals surface area contributed by atoms with Crippen LogP contribution in [0, 0.1) is 0 Å². The number of carbonyl (C=O) groups excluding carboxylic acids is 1. The Morgan fingerprint density at radius 3 is 2.33 bits per heavy atom. The van der Waals surface area contributed by atoms with Gasteiger partial charge in [-0.25, -0.2) is 0 Å². The van der Waals surface area contributed by atoms with E-state index in [1.165, 1.54) is 22.5 Å². The monoisotopic (exact) mass is 209 g/mol. The van der Waals surface area contributed by atoms with E-state index in [0.29, 0.717) is 6.42 Å². The predicted octanol–water partition coefficient (Wildman–Crippen LogP) is 0.420. The van der Waals surface area contributed by atoms with Crippen LogP contribution in [0.2, 0.25) is 4.44 Å². The van der Waals surface area contributed by atoms with Gasteiger partial charge >= 0.3 is 55.9 Å². The van der Waals surface area contributed by atoms with Crippen LogP contribution in [0.25, 0.3) is 0 Å². The maximum atomic E-state index is 9.92. The van der Waals surface area contributed by atoms with Crippen molar-refractivity contribution in [1.29, 1.82) is 0 Å². The molecule has 0 saturated carbocycles. The van der Waals surface area contributed by atoms with E-state index in [4.69, 9.17) is 0 Å². The van der Waals surface area contributed by atoms with Gasteiger partial charge in [0.2, 0.25) is 0 Å². The summed E-state index contributed by atoms with van der Waals surface area (Å²) < 4.78 is 0.995. The van der Waals surface area contributed by atoms with Gasteiger partial charge in [-0.15, -0.1) is 0 Å². The van der Waals surface area contributed by atoms with E-state index >= 15 is 0 Å².